The first-order valence-corrected chi connectivity index (χ1v) is 6.18. The van der Waals surface area contributed by atoms with E-state index in [0.717, 1.165) is 11.3 Å². The molecule has 0 aliphatic carbocycles. The molecule has 2 rings (SSSR count). The number of aromatic nitrogens is 2. The maximum atomic E-state index is 13.8. The Bertz CT molecular complexity index is 574. The Balaban J connectivity index is 2.16. The second-order valence-corrected chi connectivity index (χ2v) is 4.32. The summed E-state index contributed by atoms with van der Waals surface area (Å²) in [5.74, 6) is 1.00. The first kappa shape index (κ1) is 14.0. The molecule has 1 N–H and O–H groups in total. The van der Waals surface area contributed by atoms with Crippen LogP contribution in [0.15, 0.2) is 30.5 Å². The zero-order valence-electron chi connectivity index (χ0n) is 11.7. The maximum absolute atomic E-state index is 13.8. The second kappa shape index (κ2) is 6.18. The van der Waals surface area contributed by atoms with E-state index in [1.165, 1.54) is 6.20 Å². The fraction of sp³-hybridized carbons (Fsp3) is 0.286. The summed E-state index contributed by atoms with van der Waals surface area (Å²) in [5, 5.41) is 2.80. The Hall–Kier alpha value is -2.37. The lowest BCUT2D eigenvalue weighted by Crippen LogP contribution is -2.20. The summed E-state index contributed by atoms with van der Waals surface area (Å²) in [7, 11) is 5.10. The molecule has 0 unspecified atom stereocenters. The molecule has 0 aliphatic rings. The van der Waals surface area contributed by atoms with Crippen molar-refractivity contribution in [1.82, 2.24) is 9.97 Å². The molecule has 1 aromatic heterocycles. The van der Waals surface area contributed by atoms with Crippen molar-refractivity contribution in [2.45, 2.75) is 6.54 Å². The summed E-state index contributed by atoms with van der Waals surface area (Å²) < 4.78 is 18.9. The molecule has 0 spiro atoms. The molecule has 6 heteroatoms. The summed E-state index contributed by atoms with van der Waals surface area (Å²) in [5.41, 5.74) is 1.04. The molecule has 5 nitrogen and oxygen atoms in total. The van der Waals surface area contributed by atoms with Gasteiger partial charge in [-0.3, -0.25) is 0 Å². The molecule has 0 atom stereocenters. The van der Waals surface area contributed by atoms with Gasteiger partial charge in [-0.25, -0.2) is 9.37 Å². The van der Waals surface area contributed by atoms with Gasteiger partial charge < -0.3 is 15.0 Å². The average molecular weight is 276 g/mol. The van der Waals surface area contributed by atoms with E-state index in [1.807, 2.05) is 24.3 Å². The average Bonchev–Trinajstić information content (AvgIpc) is 2.48. The standard InChI is InChI=1S/C14H17FN4O/c1-16-14-17-8-12(15)13(18-14)19(2)9-10-4-6-11(20-3)7-5-10/h4-8H,9H2,1-3H3,(H,16,17,18). The third-order valence-corrected chi connectivity index (χ3v) is 2.89. The highest BCUT2D eigenvalue weighted by Crippen LogP contribution is 2.19. The number of halogens is 1. The first-order chi connectivity index (χ1) is 9.63. The lowest BCUT2D eigenvalue weighted by Gasteiger charge is -2.19. The van der Waals surface area contributed by atoms with Gasteiger partial charge in [-0.15, -0.1) is 0 Å². The third kappa shape index (κ3) is 3.14. The minimum atomic E-state index is -0.444. The van der Waals surface area contributed by atoms with Crippen molar-refractivity contribution in [2.24, 2.45) is 0 Å². The van der Waals surface area contributed by atoms with E-state index in [-0.39, 0.29) is 5.82 Å². The predicted molar refractivity (Wildman–Crippen MR) is 76.6 cm³/mol. The van der Waals surface area contributed by atoms with Crippen LogP contribution < -0.4 is 15.0 Å². The summed E-state index contributed by atoms with van der Waals surface area (Å²) >= 11 is 0. The van der Waals surface area contributed by atoms with E-state index < -0.39 is 5.82 Å². The summed E-state index contributed by atoms with van der Waals surface area (Å²) in [6.07, 6.45) is 1.17. The number of hydrogen-bond donors (Lipinski definition) is 1. The molecule has 0 fully saturated rings. The molecule has 0 saturated heterocycles. The second-order valence-electron chi connectivity index (χ2n) is 4.32. The van der Waals surface area contributed by atoms with Crippen molar-refractivity contribution in [3.63, 3.8) is 0 Å². The van der Waals surface area contributed by atoms with Crippen LogP contribution in [0.3, 0.4) is 0 Å². The lowest BCUT2D eigenvalue weighted by molar-refractivity contribution is 0.414. The Kier molecular flexibility index (Phi) is 4.34. The highest BCUT2D eigenvalue weighted by atomic mass is 19.1. The van der Waals surface area contributed by atoms with E-state index in [2.05, 4.69) is 15.3 Å². The monoisotopic (exact) mass is 276 g/mol. The quantitative estimate of drug-likeness (QED) is 0.908. The third-order valence-electron chi connectivity index (χ3n) is 2.89. The summed E-state index contributed by atoms with van der Waals surface area (Å²) in [4.78, 5) is 9.69. The number of anilines is 2. The number of ether oxygens (including phenoxy) is 1. The smallest absolute Gasteiger partial charge is 0.224 e. The fourth-order valence-electron chi connectivity index (χ4n) is 1.83. The number of methoxy groups -OCH3 is 1. The number of nitrogens with one attached hydrogen (secondary N) is 1. The van der Waals surface area contributed by atoms with E-state index in [0.29, 0.717) is 12.5 Å². The van der Waals surface area contributed by atoms with Crippen LogP contribution in [-0.4, -0.2) is 31.2 Å². The summed E-state index contributed by atoms with van der Waals surface area (Å²) in [6, 6.07) is 7.62. The maximum Gasteiger partial charge on any atom is 0.224 e. The van der Waals surface area contributed by atoms with Crippen molar-refractivity contribution in [2.75, 3.05) is 31.4 Å². The van der Waals surface area contributed by atoms with Crippen molar-refractivity contribution >= 4 is 11.8 Å². The largest absolute Gasteiger partial charge is 0.497 e. The molecule has 1 aromatic carbocycles. The van der Waals surface area contributed by atoms with E-state index in [1.54, 1.807) is 26.1 Å². The van der Waals surface area contributed by atoms with Crippen LogP contribution in [0.25, 0.3) is 0 Å². The van der Waals surface area contributed by atoms with Gasteiger partial charge in [0.1, 0.15) is 5.75 Å². The Morgan fingerprint density at radius 2 is 2.00 bits per heavy atom. The van der Waals surface area contributed by atoms with Crippen molar-refractivity contribution in [3.8, 4) is 5.75 Å². The first-order valence-electron chi connectivity index (χ1n) is 6.18. The molecule has 106 valence electrons. The topological polar surface area (TPSA) is 50.3 Å². The van der Waals surface area contributed by atoms with Gasteiger partial charge in [0, 0.05) is 20.6 Å². The highest BCUT2D eigenvalue weighted by molar-refractivity contribution is 5.44. The van der Waals surface area contributed by atoms with E-state index >= 15 is 0 Å². The van der Waals surface area contributed by atoms with Gasteiger partial charge in [0.15, 0.2) is 11.6 Å². The van der Waals surface area contributed by atoms with Gasteiger partial charge in [0.2, 0.25) is 5.95 Å². The molecular weight excluding hydrogens is 259 g/mol. The van der Waals surface area contributed by atoms with Gasteiger partial charge in [-0.05, 0) is 17.7 Å². The zero-order chi connectivity index (χ0) is 14.5. The van der Waals surface area contributed by atoms with Crippen molar-refractivity contribution in [1.29, 1.82) is 0 Å². The molecule has 0 amide bonds. The number of rotatable bonds is 5. The van der Waals surface area contributed by atoms with E-state index in [4.69, 9.17) is 4.74 Å². The molecule has 0 saturated carbocycles. The fourth-order valence-corrected chi connectivity index (χ4v) is 1.83. The molecule has 2 aromatic rings. The zero-order valence-corrected chi connectivity index (χ0v) is 11.7. The minimum Gasteiger partial charge on any atom is -0.497 e. The predicted octanol–water partition coefficient (Wildman–Crippen LogP) is 2.30. The molecule has 0 aliphatic heterocycles. The molecule has 0 bridgehead atoms. The van der Waals surface area contributed by atoms with Gasteiger partial charge >= 0.3 is 0 Å². The van der Waals surface area contributed by atoms with Gasteiger partial charge in [0.05, 0.1) is 13.3 Å². The van der Waals surface area contributed by atoms with Crippen LogP contribution in [0.4, 0.5) is 16.2 Å². The van der Waals surface area contributed by atoms with Gasteiger partial charge in [-0.1, -0.05) is 12.1 Å². The minimum absolute atomic E-state index is 0.264. The van der Waals surface area contributed by atoms with Crippen LogP contribution in [0, 0.1) is 5.82 Å². The van der Waals surface area contributed by atoms with Crippen LogP contribution in [-0.2, 0) is 6.54 Å². The SMILES string of the molecule is CNc1ncc(F)c(N(C)Cc2ccc(OC)cc2)n1. The normalized spacial score (nSPS) is 10.2. The van der Waals surface area contributed by atoms with Crippen molar-refractivity contribution in [3.05, 3.63) is 41.8 Å². The van der Waals surface area contributed by atoms with Crippen LogP contribution >= 0.6 is 0 Å². The highest BCUT2D eigenvalue weighted by Gasteiger charge is 2.11. The summed E-state index contributed by atoms with van der Waals surface area (Å²) in [6.45, 7) is 0.543. The molecule has 20 heavy (non-hydrogen) atoms. The number of hydrogen-bond acceptors (Lipinski definition) is 5. The van der Waals surface area contributed by atoms with Crippen molar-refractivity contribution < 1.29 is 9.13 Å². The van der Waals surface area contributed by atoms with Crippen LogP contribution in [0.2, 0.25) is 0 Å². The molecular formula is C14H17FN4O. The molecule has 0 radical (unpaired) electrons. The lowest BCUT2D eigenvalue weighted by atomic mass is 10.2. The Morgan fingerprint density at radius 3 is 2.60 bits per heavy atom. The number of benzene rings is 1. The van der Waals surface area contributed by atoms with E-state index in [9.17, 15) is 4.39 Å². The van der Waals surface area contributed by atoms with Gasteiger partial charge in [-0.2, -0.15) is 4.98 Å². The Morgan fingerprint density at radius 1 is 1.30 bits per heavy atom. The Labute approximate surface area is 117 Å². The van der Waals surface area contributed by atoms with Crippen LogP contribution in [0.5, 0.6) is 5.75 Å². The van der Waals surface area contributed by atoms with Gasteiger partial charge in [0.25, 0.3) is 0 Å². The molecule has 1 heterocycles. The van der Waals surface area contributed by atoms with Crippen LogP contribution in [0.1, 0.15) is 5.56 Å². The number of nitrogens with zero attached hydrogens (tertiary/aromatic N) is 3.